The molecule has 0 aliphatic heterocycles. The minimum atomic E-state index is -1.54. The molecule has 11 heteroatoms. The van der Waals surface area contributed by atoms with Gasteiger partial charge >= 0.3 is 0 Å². The summed E-state index contributed by atoms with van der Waals surface area (Å²) in [6, 6.07) is 12.3. The first-order chi connectivity index (χ1) is 16.4. The Kier molecular flexibility index (Phi) is 8.79. The lowest BCUT2D eigenvalue weighted by atomic mass is 10.0. The maximum Gasteiger partial charge on any atom is 0.252 e. The molecule has 0 saturated carbocycles. The fourth-order valence-electron chi connectivity index (χ4n) is 2.99. The Balaban J connectivity index is 1.64. The number of benzene rings is 2. The van der Waals surface area contributed by atoms with Crippen molar-refractivity contribution in [3.05, 3.63) is 64.1 Å². The van der Waals surface area contributed by atoms with E-state index in [1.165, 1.54) is 11.3 Å². The van der Waals surface area contributed by atoms with Gasteiger partial charge in [0.1, 0.15) is 29.0 Å². The smallest absolute Gasteiger partial charge is 0.252 e. The summed E-state index contributed by atoms with van der Waals surface area (Å²) in [5.74, 6) is -1.58. The lowest BCUT2D eigenvalue weighted by molar-refractivity contribution is -0.132. The first kappa shape index (κ1) is 25.0. The Labute approximate surface area is 199 Å². The van der Waals surface area contributed by atoms with E-state index in [9.17, 15) is 19.5 Å². The predicted molar refractivity (Wildman–Crippen MR) is 124 cm³/mol. The number of amides is 2. The van der Waals surface area contributed by atoms with Crippen molar-refractivity contribution < 1.29 is 29.3 Å². The van der Waals surface area contributed by atoms with E-state index in [1.807, 2.05) is 12.1 Å². The van der Waals surface area contributed by atoms with Crippen LogP contribution in [0.15, 0.2) is 48.5 Å². The molecule has 3 aromatic rings. The summed E-state index contributed by atoms with van der Waals surface area (Å²) in [5, 5.41) is 32.0. The van der Waals surface area contributed by atoms with E-state index in [4.69, 9.17) is 9.84 Å². The van der Waals surface area contributed by atoms with Gasteiger partial charge in [-0.2, -0.15) is 0 Å². The number of carbonyl (C=O) groups excluding carboxylic acids is 3. The van der Waals surface area contributed by atoms with Gasteiger partial charge < -0.3 is 25.6 Å². The number of aliphatic hydroxyl groups excluding tert-OH is 2. The number of aryl methyl sites for hydroxylation is 1. The van der Waals surface area contributed by atoms with E-state index in [-0.39, 0.29) is 25.3 Å². The molecule has 0 spiro atoms. The molecule has 0 bridgehead atoms. The molecule has 1 atom stereocenters. The van der Waals surface area contributed by atoms with Crippen molar-refractivity contribution in [1.29, 1.82) is 0 Å². The summed E-state index contributed by atoms with van der Waals surface area (Å²) in [7, 11) is 0. The molecule has 2 amide bonds. The average molecular weight is 485 g/mol. The third kappa shape index (κ3) is 6.67. The van der Waals surface area contributed by atoms with E-state index in [0.29, 0.717) is 10.8 Å². The molecule has 1 aromatic heterocycles. The van der Waals surface area contributed by atoms with E-state index >= 15 is 0 Å². The van der Waals surface area contributed by atoms with Crippen LogP contribution >= 0.6 is 11.3 Å². The molecule has 0 aliphatic rings. The van der Waals surface area contributed by atoms with Crippen molar-refractivity contribution in [2.75, 3.05) is 19.8 Å². The number of carbonyl (C=O) groups is 3. The molecule has 0 aliphatic carbocycles. The maximum absolute atomic E-state index is 12.7. The predicted octanol–water partition coefficient (Wildman–Crippen LogP) is 0.861. The highest BCUT2D eigenvalue weighted by Crippen LogP contribution is 2.23. The molecule has 178 valence electrons. The van der Waals surface area contributed by atoms with Crippen LogP contribution in [0.5, 0.6) is 5.75 Å². The fraction of sp³-hybridized carbons (Fsp3) is 0.261. The highest BCUT2D eigenvalue weighted by atomic mass is 32.1. The number of hydrogen-bond acceptors (Lipinski definition) is 9. The van der Waals surface area contributed by atoms with Crippen LogP contribution in [0, 0.1) is 6.92 Å². The number of ketones is 1. The van der Waals surface area contributed by atoms with Crippen molar-refractivity contribution >= 4 is 28.9 Å². The second kappa shape index (κ2) is 12.0. The van der Waals surface area contributed by atoms with Gasteiger partial charge in [0, 0.05) is 5.56 Å². The van der Waals surface area contributed by atoms with Gasteiger partial charge in [0.2, 0.25) is 0 Å². The van der Waals surface area contributed by atoms with Crippen molar-refractivity contribution in [2.45, 2.75) is 19.5 Å². The summed E-state index contributed by atoms with van der Waals surface area (Å²) < 4.78 is 5.34. The molecule has 4 N–H and O–H groups in total. The lowest BCUT2D eigenvalue weighted by Crippen LogP contribution is -2.52. The molecular weight excluding hydrogens is 460 g/mol. The standard InChI is InChI=1S/C23H24N4O6S/c1-14-26-27-20(34-14)12-24-23(32)21(19(30)13-29)25-22(31)17-4-2-15(3-5-17)16-6-8-18(9-7-16)33-11-10-28/h2-9,21,28-29H,10-13H2,1H3,(H,24,32)(H,25,31). The Morgan fingerprint density at radius 2 is 1.65 bits per heavy atom. The quantitative estimate of drug-likeness (QED) is 0.293. The van der Waals surface area contributed by atoms with Gasteiger partial charge in [-0.05, 0) is 42.3 Å². The first-order valence-corrected chi connectivity index (χ1v) is 11.2. The Morgan fingerprint density at radius 3 is 2.21 bits per heavy atom. The number of ether oxygens (including phenoxy) is 1. The maximum atomic E-state index is 12.7. The molecule has 0 radical (unpaired) electrons. The second-order valence-corrected chi connectivity index (χ2v) is 8.40. The molecule has 1 heterocycles. The summed E-state index contributed by atoms with van der Waals surface area (Å²) in [6.07, 6.45) is 0. The highest BCUT2D eigenvalue weighted by Gasteiger charge is 2.28. The minimum absolute atomic E-state index is 0.0495. The lowest BCUT2D eigenvalue weighted by Gasteiger charge is -2.16. The number of Topliss-reactive ketones (excluding diaryl/α,β-unsaturated/α-hetero) is 1. The summed E-state index contributed by atoms with van der Waals surface area (Å²) >= 11 is 1.29. The minimum Gasteiger partial charge on any atom is -0.491 e. The molecule has 1 unspecified atom stereocenters. The zero-order chi connectivity index (χ0) is 24.5. The number of nitrogens with one attached hydrogen (secondary N) is 2. The van der Waals surface area contributed by atoms with Crippen molar-refractivity contribution in [3.63, 3.8) is 0 Å². The number of nitrogens with zero attached hydrogens (tertiary/aromatic N) is 2. The van der Waals surface area contributed by atoms with Gasteiger partial charge in [0.05, 0.1) is 13.2 Å². The van der Waals surface area contributed by atoms with Gasteiger partial charge in [-0.15, -0.1) is 10.2 Å². The fourth-order valence-corrected chi connectivity index (χ4v) is 3.64. The van der Waals surface area contributed by atoms with Gasteiger partial charge in [0.15, 0.2) is 11.8 Å². The third-order valence-corrected chi connectivity index (χ3v) is 5.53. The SMILES string of the molecule is Cc1nnc(CNC(=O)C(NC(=O)c2ccc(-c3ccc(OCCO)cc3)cc2)C(=O)CO)s1. The summed E-state index contributed by atoms with van der Waals surface area (Å²) in [5.41, 5.74) is 1.98. The number of hydrogen-bond donors (Lipinski definition) is 4. The number of aliphatic hydroxyl groups is 2. The second-order valence-electron chi connectivity index (χ2n) is 7.14. The van der Waals surface area contributed by atoms with E-state index in [1.54, 1.807) is 43.3 Å². The van der Waals surface area contributed by atoms with Crippen LogP contribution in [0.3, 0.4) is 0 Å². The molecule has 2 aromatic carbocycles. The van der Waals surface area contributed by atoms with Crippen molar-refractivity contribution in [1.82, 2.24) is 20.8 Å². The average Bonchev–Trinajstić information content (AvgIpc) is 3.29. The molecular formula is C23H24N4O6S. The zero-order valence-electron chi connectivity index (χ0n) is 18.4. The molecule has 10 nitrogen and oxygen atoms in total. The van der Waals surface area contributed by atoms with E-state index in [2.05, 4.69) is 20.8 Å². The van der Waals surface area contributed by atoms with Crippen LogP contribution in [-0.2, 0) is 16.1 Å². The largest absolute Gasteiger partial charge is 0.491 e. The zero-order valence-corrected chi connectivity index (χ0v) is 19.2. The molecule has 3 rings (SSSR count). The van der Waals surface area contributed by atoms with E-state index < -0.39 is 30.2 Å². The van der Waals surface area contributed by atoms with Crippen LogP contribution < -0.4 is 15.4 Å². The van der Waals surface area contributed by atoms with Crippen LogP contribution in [0.4, 0.5) is 0 Å². The van der Waals surface area contributed by atoms with Gasteiger partial charge in [-0.25, -0.2) is 0 Å². The van der Waals surface area contributed by atoms with Crippen LogP contribution in [-0.4, -0.2) is 63.9 Å². The van der Waals surface area contributed by atoms with Crippen LogP contribution in [0.25, 0.3) is 11.1 Å². The third-order valence-electron chi connectivity index (χ3n) is 4.69. The Bertz CT molecular complexity index is 1130. The topological polar surface area (TPSA) is 151 Å². The van der Waals surface area contributed by atoms with Gasteiger partial charge in [-0.1, -0.05) is 35.6 Å². The monoisotopic (exact) mass is 484 g/mol. The van der Waals surface area contributed by atoms with Crippen molar-refractivity contribution in [2.24, 2.45) is 0 Å². The number of aromatic nitrogens is 2. The van der Waals surface area contributed by atoms with Crippen LogP contribution in [0.1, 0.15) is 20.4 Å². The Morgan fingerprint density at radius 1 is 1.00 bits per heavy atom. The highest BCUT2D eigenvalue weighted by molar-refractivity contribution is 7.11. The van der Waals surface area contributed by atoms with E-state index in [0.717, 1.165) is 16.1 Å². The molecule has 34 heavy (non-hydrogen) atoms. The van der Waals surface area contributed by atoms with Gasteiger partial charge in [-0.3, -0.25) is 14.4 Å². The van der Waals surface area contributed by atoms with Gasteiger partial charge in [0.25, 0.3) is 11.8 Å². The summed E-state index contributed by atoms with van der Waals surface area (Å²) in [6.45, 7) is 1.07. The Hall–Kier alpha value is -3.67. The molecule has 0 saturated heterocycles. The first-order valence-electron chi connectivity index (χ1n) is 10.4. The van der Waals surface area contributed by atoms with Crippen molar-refractivity contribution in [3.8, 4) is 16.9 Å². The normalized spacial score (nSPS) is 11.5. The number of rotatable bonds is 11. The van der Waals surface area contributed by atoms with Crippen LogP contribution in [0.2, 0.25) is 0 Å². The molecule has 0 fully saturated rings. The summed E-state index contributed by atoms with van der Waals surface area (Å²) in [4.78, 5) is 37.3.